The van der Waals surface area contributed by atoms with Crippen LogP contribution in [0.1, 0.15) is 24.4 Å². The fraction of sp³-hybridized carbons (Fsp3) is 0.412. The molecule has 0 saturated carbocycles. The summed E-state index contributed by atoms with van der Waals surface area (Å²) < 4.78 is 0. The number of pyridine rings is 1. The smallest absolute Gasteiger partial charge is 0.236 e. The maximum Gasteiger partial charge on any atom is 0.236 e. The van der Waals surface area contributed by atoms with Crippen LogP contribution < -0.4 is 5.32 Å². The summed E-state index contributed by atoms with van der Waals surface area (Å²) in [5, 5.41) is 3.11. The number of hydrogen-bond donors (Lipinski definition) is 1. The summed E-state index contributed by atoms with van der Waals surface area (Å²) in [5.41, 5.74) is 1.16. The van der Waals surface area contributed by atoms with Crippen molar-refractivity contribution in [2.24, 2.45) is 0 Å². The fourth-order valence-electron chi connectivity index (χ4n) is 2.91. The average molecular weight is 326 g/mol. The Labute approximate surface area is 141 Å². The van der Waals surface area contributed by atoms with E-state index < -0.39 is 0 Å². The molecule has 3 heterocycles. The number of hydrogen-bond acceptors (Lipinski definition) is 6. The van der Waals surface area contributed by atoms with Gasteiger partial charge in [-0.25, -0.2) is 15.0 Å². The molecule has 1 fully saturated rings. The van der Waals surface area contributed by atoms with Crippen molar-refractivity contribution in [3.05, 3.63) is 42.4 Å². The van der Waals surface area contributed by atoms with E-state index in [1.165, 1.54) is 0 Å². The fourth-order valence-corrected chi connectivity index (χ4v) is 2.91. The Hall–Kier alpha value is -2.54. The molecule has 2 aromatic heterocycles. The summed E-state index contributed by atoms with van der Waals surface area (Å²) in [6.07, 6.45) is 7.30. The lowest BCUT2D eigenvalue weighted by molar-refractivity contribution is -0.130. The zero-order valence-corrected chi connectivity index (χ0v) is 14.0. The molecule has 7 nitrogen and oxygen atoms in total. The number of nitrogens with zero attached hydrogens (tertiary/aromatic N) is 5. The Balaban J connectivity index is 1.74. The van der Waals surface area contributed by atoms with Gasteiger partial charge in [0.05, 0.1) is 6.54 Å². The van der Waals surface area contributed by atoms with Gasteiger partial charge in [-0.15, -0.1) is 0 Å². The van der Waals surface area contributed by atoms with Crippen molar-refractivity contribution in [3.8, 4) is 0 Å². The molecule has 0 spiro atoms. The quantitative estimate of drug-likeness (QED) is 0.904. The van der Waals surface area contributed by atoms with Crippen LogP contribution in [-0.4, -0.2) is 57.8 Å². The summed E-state index contributed by atoms with van der Waals surface area (Å²) in [6.45, 7) is 1.39. The molecule has 1 saturated heterocycles. The standard InChI is InChI=1S/C17H22N6O/c1-22(2)16(24)12-23-10-3-5-14(23)13-6-9-18-15(11-13)21-17-19-7-4-8-20-17/h4,6-9,11,14H,3,5,10,12H2,1-2H3,(H,18,19,20,21)/t14-/m1/s1. The molecular weight excluding hydrogens is 304 g/mol. The van der Waals surface area contributed by atoms with Crippen molar-refractivity contribution in [1.82, 2.24) is 24.8 Å². The van der Waals surface area contributed by atoms with Gasteiger partial charge in [-0.3, -0.25) is 9.69 Å². The van der Waals surface area contributed by atoms with Gasteiger partial charge < -0.3 is 10.2 Å². The first-order chi connectivity index (χ1) is 11.6. The number of likely N-dealkylation sites (N-methyl/N-ethyl adjacent to an activating group) is 1. The Bertz CT molecular complexity index is 690. The topological polar surface area (TPSA) is 74.2 Å². The molecule has 7 heteroatoms. The maximum atomic E-state index is 12.0. The van der Waals surface area contributed by atoms with Crippen molar-refractivity contribution in [2.75, 3.05) is 32.5 Å². The molecular formula is C17H22N6O. The number of likely N-dealkylation sites (tertiary alicyclic amines) is 1. The maximum absolute atomic E-state index is 12.0. The molecule has 3 rings (SSSR count). The number of amides is 1. The molecule has 1 atom stereocenters. The molecule has 1 aliphatic heterocycles. The van der Waals surface area contributed by atoms with Gasteiger partial charge in [0.25, 0.3) is 0 Å². The minimum Gasteiger partial charge on any atom is -0.348 e. The molecule has 0 aliphatic carbocycles. The van der Waals surface area contributed by atoms with E-state index in [0.29, 0.717) is 18.3 Å². The molecule has 1 N–H and O–H groups in total. The first kappa shape index (κ1) is 16.3. The number of carbonyl (C=O) groups excluding carboxylic acids is 1. The molecule has 0 unspecified atom stereocenters. The lowest BCUT2D eigenvalue weighted by Crippen LogP contribution is -2.36. The zero-order valence-electron chi connectivity index (χ0n) is 14.0. The second-order valence-electron chi connectivity index (χ2n) is 6.09. The molecule has 1 aliphatic rings. The summed E-state index contributed by atoms with van der Waals surface area (Å²) in [6, 6.07) is 6.04. The molecule has 1 amide bonds. The van der Waals surface area contributed by atoms with E-state index in [9.17, 15) is 4.79 Å². The van der Waals surface area contributed by atoms with Crippen LogP contribution in [0.2, 0.25) is 0 Å². The predicted octanol–water partition coefficient (Wildman–Crippen LogP) is 1.84. The monoisotopic (exact) mass is 326 g/mol. The lowest BCUT2D eigenvalue weighted by Gasteiger charge is -2.25. The van der Waals surface area contributed by atoms with Crippen LogP contribution in [0.25, 0.3) is 0 Å². The largest absolute Gasteiger partial charge is 0.348 e. The van der Waals surface area contributed by atoms with Crippen molar-refractivity contribution < 1.29 is 4.79 Å². The number of rotatable bonds is 5. The second-order valence-corrected chi connectivity index (χ2v) is 6.09. The van der Waals surface area contributed by atoms with E-state index in [1.807, 2.05) is 12.1 Å². The highest BCUT2D eigenvalue weighted by Gasteiger charge is 2.28. The van der Waals surface area contributed by atoms with Gasteiger partial charge in [0.1, 0.15) is 5.82 Å². The third-order valence-corrected chi connectivity index (χ3v) is 4.18. The second kappa shape index (κ2) is 7.35. The van der Waals surface area contributed by atoms with Crippen LogP contribution in [0, 0.1) is 0 Å². The first-order valence-corrected chi connectivity index (χ1v) is 8.07. The third-order valence-electron chi connectivity index (χ3n) is 4.18. The van der Waals surface area contributed by atoms with Gasteiger partial charge in [-0.2, -0.15) is 0 Å². The molecule has 126 valence electrons. The van der Waals surface area contributed by atoms with Gasteiger partial charge in [0.2, 0.25) is 11.9 Å². The zero-order chi connectivity index (χ0) is 16.9. The van der Waals surface area contributed by atoms with Crippen molar-refractivity contribution in [3.63, 3.8) is 0 Å². The van der Waals surface area contributed by atoms with Crippen molar-refractivity contribution >= 4 is 17.7 Å². The summed E-state index contributed by atoms with van der Waals surface area (Å²) in [4.78, 5) is 28.5. The molecule has 0 aromatic carbocycles. The van der Waals surface area contributed by atoms with Gasteiger partial charge in [-0.1, -0.05) is 0 Å². The van der Waals surface area contributed by atoms with Crippen molar-refractivity contribution in [1.29, 1.82) is 0 Å². The van der Waals surface area contributed by atoms with E-state index in [4.69, 9.17) is 0 Å². The first-order valence-electron chi connectivity index (χ1n) is 8.07. The highest BCUT2D eigenvalue weighted by Crippen LogP contribution is 2.32. The van der Waals surface area contributed by atoms with E-state index in [-0.39, 0.29) is 11.9 Å². The summed E-state index contributed by atoms with van der Waals surface area (Å²) >= 11 is 0. The van der Waals surface area contributed by atoms with E-state index in [1.54, 1.807) is 43.7 Å². The number of anilines is 2. The van der Waals surface area contributed by atoms with Crippen LogP contribution in [0.3, 0.4) is 0 Å². The summed E-state index contributed by atoms with van der Waals surface area (Å²) in [5.74, 6) is 1.37. The molecule has 0 radical (unpaired) electrons. The van der Waals surface area contributed by atoms with Gasteiger partial charge in [0, 0.05) is 38.7 Å². The minimum atomic E-state index is 0.131. The minimum absolute atomic E-state index is 0.131. The SMILES string of the molecule is CN(C)C(=O)CN1CCC[C@@H]1c1ccnc(Nc2ncccn2)c1. The van der Waals surface area contributed by atoms with Crippen molar-refractivity contribution in [2.45, 2.75) is 18.9 Å². The Kier molecular flexibility index (Phi) is 5.00. The molecule has 24 heavy (non-hydrogen) atoms. The van der Waals surface area contributed by atoms with E-state index >= 15 is 0 Å². The third kappa shape index (κ3) is 3.86. The molecule has 2 aromatic rings. The normalized spacial score (nSPS) is 17.7. The van der Waals surface area contributed by atoms with Gasteiger partial charge in [-0.05, 0) is 43.1 Å². The predicted molar refractivity (Wildman–Crippen MR) is 91.8 cm³/mol. The van der Waals surface area contributed by atoms with Crippen LogP contribution in [-0.2, 0) is 4.79 Å². The number of aromatic nitrogens is 3. The number of carbonyl (C=O) groups is 1. The van der Waals surface area contributed by atoms with E-state index in [0.717, 1.165) is 24.9 Å². The Morgan fingerprint density at radius 1 is 1.29 bits per heavy atom. The van der Waals surface area contributed by atoms with Crippen LogP contribution in [0.15, 0.2) is 36.8 Å². The highest BCUT2D eigenvalue weighted by atomic mass is 16.2. The summed E-state index contributed by atoms with van der Waals surface area (Å²) in [7, 11) is 3.59. The lowest BCUT2D eigenvalue weighted by atomic mass is 10.1. The van der Waals surface area contributed by atoms with Gasteiger partial charge >= 0.3 is 0 Å². The molecule has 0 bridgehead atoms. The Morgan fingerprint density at radius 3 is 2.83 bits per heavy atom. The van der Waals surface area contributed by atoms with Crippen LogP contribution in [0.5, 0.6) is 0 Å². The highest BCUT2D eigenvalue weighted by molar-refractivity contribution is 5.77. The number of nitrogens with one attached hydrogen (secondary N) is 1. The van der Waals surface area contributed by atoms with E-state index in [2.05, 4.69) is 25.2 Å². The average Bonchev–Trinajstić information content (AvgIpc) is 3.04. The van der Waals surface area contributed by atoms with Gasteiger partial charge in [0.15, 0.2) is 0 Å². The van der Waals surface area contributed by atoms with Crippen LogP contribution in [0.4, 0.5) is 11.8 Å². The van der Waals surface area contributed by atoms with Crippen LogP contribution >= 0.6 is 0 Å². The Morgan fingerprint density at radius 2 is 2.08 bits per heavy atom.